The quantitative estimate of drug-likeness (QED) is 0.718. The molecule has 0 amide bonds. The predicted molar refractivity (Wildman–Crippen MR) is 52.0 cm³/mol. The summed E-state index contributed by atoms with van der Waals surface area (Å²) in [6.45, 7) is 0.401. The van der Waals surface area contributed by atoms with Gasteiger partial charge in [-0.15, -0.1) is 5.10 Å². The molecule has 1 heterocycles. The van der Waals surface area contributed by atoms with Crippen molar-refractivity contribution in [2.75, 3.05) is 0 Å². The average Bonchev–Trinajstić information content (AvgIpc) is 2.72. The van der Waals surface area contributed by atoms with Crippen LogP contribution in [0, 0.1) is 0 Å². The van der Waals surface area contributed by atoms with Crippen molar-refractivity contribution in [3.63, 3.8) is 0 Å². The second-order valence-electron chi connectivity index (χ2n) is 2.50. The van der Waals surface area contributed by atoms with Gasteiger partial charge in [0.1, 0.15) is 11.4 Å². The highest BCUT2D eigenvalue weighted by atomic mass is 32.1. The fourth-order valence-electron chi connectivity index (χ4n) is 1.11. The molecule has 0 aliphatic heterocycles. The van der Waals surface area contributed by atoms with E-state index >= 15 is 0 Å². The molecule has 0 aliphatic rings. The average molecular weight is 206 g/mol. The van der Waals surface area contributed by atoms with Gasteiger partial charge in [-0.2, -0.15) is 0 Å². The Morgan fingerprint density at radius 1 is 1.36 bits per heavy atom. The first-order valence-corrected chi connectivity index (χ1v) is 4.72. The van der Waals surface area contributed by atoms with Crippen molar-refractivity contribution in [1.82, 2.24) is 9.59 Å². The fourth-order valence-corrected chi connectivity index (χ4v) is 1.57. The van der Waals surface area contributed by atoms with E-state index in [1.54, 1.807) is 17.5 Å². The maximum absolute atomic E-state index is 10.2. The SMILES string of the molecule is O=COc1ccccc1-c1csnn1. The summed E-state index contributed by atoms with van der Waals surface area (Å²) in [4.78, 5) is 10.2. The van der Waals surface area contributed by atoms with E-state index in [0.29, 0.717) is 17.9 Å². The lowest BCUT2D eigenvalue weighted by molar-refractivity contribution is -0.120. The number of aromatic nitrogens is 2. The summed E-state index contributed by atoms with van der Waals surface area (Å²) in [5.41, 5.74) is 1.49. The third-order valence-electron chi connectivity index (χ3n) is 1.70. The molecular weight excluding hydrogens is 200 g/mol. The third kappa shape index (κ3) is 1.62. The lowest BCUT2D eigenvalue weighted by atomic mass is 10.1. The lowest BCUT2D eigenvalue weighted by Gasteiger charge is -2.02. The molecule has 0 radical (unpaired) electrons. The molecule has 0 N–H and O–H groups in total. The van der Waals surface area contributed by atoms with E-state index in [2.05, 4.69) is 9.59 Å². The van der Waals surface area contributed by atoms with Crippen molar-refractivity contribution < 1.29 is 9.53 Å². The summed E-state index contributed by atoms with van der Waals surface area (Å²) < 4.78 is 8.56. The van der Waals surface area contributed by atoms with E-state index in [1.807, 2.05) is 12.1 Å². The van der Waals surface area contributed by atoms with Crippen LogP contribution in [0.15, 0.2) is 29.6 Å². The van der Waals surface area contributed by atoms with Gasteiger partial charge in [-0.1, -0.05) is 16.6 Å². The van der Waals surface area contributed by atoms with Crippen LogP contribution in [-0.2, 0) is 4.79 Å². The van der Waals surface area contributed by atoms with Gasteiger partial charge in [0.25, 0.3) is 6.47 Å². The van der Waals surface area contributed by atoms with Crippen molar-refractivity contribution in [2.45, 2.75) is 0 Å². The van der Waals surface area contributed by atoms with Gasteiger partial charge < -0.3 is 4.74 Å². The number of hydrogen-bond acceptors (Lipinski definition) is 5. The maximum Gasteiger partial charge on any atom is 0.298 e. The van der Waals surface area contributed by atoms with Gasteiger partial charge >= 0.3 is 0 Å². The summed E-state index contributed by atoms with van der Waals surface area (Å²) in [6, 6.07) is 7.19. The molecule has 70 valence electrons. The second kappa shape index (κ2) is 3.97. The van der Waals surface area contributed by atoms with Gasteiger partial charge in [0, 0.05) is 10.9 Å². The zero-order valence-corrected chi connectivity index (χ0v) is 7.90. The zero-order valence-electron chi connectivity index (χ0n) is 7.08. The lowest BCUT2D eigenvalue weighted by Crippen LogP contribution is -1.91. The number of nitrogens with zero attached hydrogens (tertiary/aromatic N) is 2. The number of ether oxygens (including phenoxy) is 1. The highest BCUT2D eigenvalue weighted by molar-refractivity contribution is 7.03. The van der Waals surface area contributed by atoms with Gasteiger partial charge in [-0.05, 0) is 23.7 Å². The van der Waals surface area contributed by atoms with E-state index in [1.165, 1.54) is 11.5 Å². The zero-order chi connectivity index (χ0) is 9.80. The Hall–Kier alpha value is -1.75. The molecule has 4 nitrogen and oxygen atoms in total. The molecule has 0 spiro atoms. The van der Waals surface area contributed by atoms with E-state index < -0.39 is 0 Å². The summed E-state index contributed by atoms with van der Waals surface area (Å²) >= 11 is 1.26. The van der Waals surface area contributed by atoms with Gasteiger partial charge in [-0.25, -0.2) is 0 Å². The fraction of sp³-hybridized carbons (Fsp3) is 0. The van der Waals surface area contributed by atoms with Crippen LogP contribution >= 0.6 is 11.5 Å². The topological polar surface area (TPSA) is 52.1 Å². The monoisotopic (exact) mass is 206 g/mol. The minimum atomic E-state index is 0.401. The van der Waals surface area contributed by atoms with Crippen LogP contribution in [0.1, 0.15) is 0 Å². The smallest absolute Gasteiger partial charge is 0.298 e. The summed E-state index contributed by atoms with van der Waals surface area (Å²) in [7, 11) is 0. The van der Waals surface area contributed by atoms with Crippen molar-refractivity contribution in [1.29, 1.82) is 0 Å². The van der Waals surface area contributed by atoms with Crippen LogP contribution in [0.3, 0.4) is 0 Å². The van der Waals surface area contributed by atoms with Gasteiger partial charge in [0.15, 0.2) is 0 Å². The van der Waals surface area contributed by atoms with Crippen molar-refractivity contribution >= 4 is 18.0 Å². The first-order valence-electron chi connectivity index (χ1n) is 3.88. The Morgan fingerprint density at radius 2 is 2.21 bits per heavy atom. The van der Waals surface area contributed by atoms with Crippen molar-refractivity contribution in [2.24, 2.45) is 0 Å². The number of para-hydroxylation sites is 1. The van der Waals surface area contributed by atoms with Crippen LogP contribution in [0.4, 0.5) is 0 Å². The Bertz CT molecular complexity index is 428. The van der Waals surface area contributed by atoms with Gasteiger partial charge in [-0.3, -0.25) is 4.79 Å². The van der Waals surface area contributed by atoms with Crippen molar-refractivity contribution in [3.8, 4) is 17.0 Å². The van der Waals surface area contributed by atoms with E-state index in [9.17, 15) is 4.79 Å². The van der Waals surface area contributed by atoms with Crippen molar-refractivity contribution in [3.05, 3.63) is 29.6 Å². The molecule has 14 heavy (non-hydrogen) atoms. The van der Waals surface area contributed by atoms with E-state index in [-0.39, 0.29) is 0 Å². The highest BCUT2D eigenvalue weighted by Gasteiger charge is 2.07. The molecule has 0 bridgehead atoms. The van der Waals surface area contributed by atoms with E-state index in [4.69, 9.17) is 4.74 Å². The Morgan fingerprint density at radius 3 is 2.93 bits per heavy atom. The number of carbonyl (C=O) groups excluding carboxylic acids is 1. The number of benzene rings is 1. The minimum Gasteiger partial charge on any atom is -0.428 e. The van der Waals surface area contributed by atoms with Crippen LogP contribution in [-0.4, -0.2) is 16.1 Å². The summed E-state index contributed by atoms with van der Waals surface area (Å²) in [5, 5.41) is 5.70. The molecule has 1 aromatic carbocycles. The van der Waals surface area contributed by atoms with Gasteiger partial charge in [0.2, 0.25) is 0 Å². The predicted octanol–water partition coefficient (Wildman–Crippen LogP) is 1.74. The molecule has 0 saturated heterocycles. The van der Waals surface area contributed by atoms with Crippen LogP contribution in [0.5, 0.6) is 5.75 Å². The number of rotatable bonds is 3. The standard InChI is InChI=1S/C9H6N2O2S/c12-6-13-9-4-2-1-3-7(9)8-5-14-11-10-8/h1-6H. The molecule has 5 heteroatoms. The first kappa shape index (κ1) is 8.83. The molecule has 2 aromatic rings. The summed E-state index contributed by atoms with van der Waals surface area (Å²) in [5.74, 6) is 0.496. The Labute approximate surface area is 84.3 Å². The molecule has 0 fully saturated rings. The Kier molecular flexibility index (Phi) is 2.51. The van der Waals surface area contributed by atoms with Gasteiger partial charge in [0.05, 0.1) is 0 Å². The molecule has 0 atom stereocenters. The highest BCUT2D eigenvalue weighted by Crippen LogP contribution is 2.28. The second-order valence-corrected chi connectivity index (χ2v) is 3.11. The van der Waals surface area contributed by atoms with Crippen LogP contribution in [0.2, 0.25) is 0 Å². The summed E-state index contributed by atoms with van der Waals surface area (Å²) in [6.07, 6.45) is 0. The maximum atomic E-state index is 10.2. The number of hydrogen-bond donors (Lipinski definition) is 0. The third-order valence-corrected chi connectivity index (χ3v) is 2.20. The normalized spacial score (nSPS) is 9.71. The molecular formula is C9H6N2O2S. The van der Waals surface area contributed by atoms with Crippen LogP contribution < -0.4 is 4.74 Å². The molecule has 0 aliphatic carbocycles. The molecule has 0 saturated carbocycles. The molecule has 0 unspecified atom stereocenters. The Balaban J connectivity index is 2.46. The largest absolute Gasteiger partial charge is 0.428 e. The first-order chi connectivity index (χ1) is 6.92. The van der Waals surface area contributed by atoms with Crippen LogP contribution in [0.25, 0.3) is 11.3 Å². The molecule has 1 aromatic heterocycles. The molecule has 2 rings (SSSR count). The van der Waals surface area contributed by atoms with E-state index in [0.717, 1.165) is 5.56 Å². The minimum absolute atomic E-state index is 0.401. The number of carbonyl (C=O) groups is 1.